The topological polar surface area (TPSA) is 104 Å². The first kappa shape index (κ1) is 24.1. The smallest absolute Gasteiger partial charge is 0.387 e. The van der Waals surface area contributed by atoms with Gasteiger partial charge in [0.25, 0.3) is 11.6 Å². The van der Waals surface area contributed by atoms with E-state index in [0.29, 0.717) is 5.69 Å². The van der Waals surface area contributed by atoms with E-state index in [4.69, 9.17) is 4.74 Å². The molecule has 8 nitrogen and oxygen atoms in total. The highest BCUT2D eigenvalue weighted by Gasteiger charge is 2.26. The van der Waals surface area contributed by atoms with Crippen molar-refractivity contribution in [3.8, 4) is 22.8 Å². The van der Waals surface area contributed by atoms with Gasteiger partial charge >= 0.3 is 6.61 Å². The molecule has 0 aliphatic heterocycles. The predicted molar refractivity (Wildman–Crippen MR) is 120 cm³/mol. The Balaban J connectivity index is 1.86. The monoisotopic (exact) mass is 477 g/mol. The van der Waals surface area contributed by atoms with E-state index in [1.165, 1.54) is 7.11 Å². The Hall–Kier alpha value is -3.60. The van der Waals surface area contributed by atoms with Crippen LogP contribution in [0.5, 0.6) is 11.5 Å². The van der Waals surface area contributed by atoms with Crippen molar-refractivity contribution in [1.82, 2.24) is 4.98 Å². The van der Waals surface area contributed by atoms with Gasteiger partial charge in [0, 0.05) is 17.0 Å². The lowest BCUT2D eigenvalue weighted by molar-refractivity contribution is -0.385. The highest BCUT2D eigenvalue weighted by molar-refractivity contribution is 7.14. The second-order valence-electron chi connectivity index (χ2n) is 7.98. The first-order valence-corrected chi connectivity index (χ1v) is 10.6. The van der Waals surface area contributed by atoms with Crippen LogP contribution in [0.4, 0.5) is 19.6 Å². The van der Waals surface area contributed by atoms with Gasteiger partial charge in [-0.3, -0.25) is 20.2 Å². The molecule has 1 aromatic heterocycles. The zero-order valence-electron chi connectivity index (χ0n) is 18.2. The number of nitrogens with one attached hydrogen (secondary N) is 1. The van der Waals surface area contributed by atoms with Crippen LogP contribution in [-0.2, 0) is 5.41 Å². The van der Waals surface area contributed by atoms with Gasteiger partial charge in [-0.2, -0.15) is 8.78 Å². The number of ether oxygens (including phenoxy) is 2. The minimum Gasteiger partial charge on any atom is -0.493 e. The summed E-state index contributed by atoms with van der Waals surface area (Å²) in [6, 6.07) is 9.57. The average Bonchev–Trinajstić information content (AvgIpc) is 3.20. The summed E-state index contributed by atoms with van der Waals surface area (Å²) >= 11 is 1.14. The molecular formula is C22H21F2N3O5S. The minimum atomic E-state index is -3.22. The molecule has 0 aliphatic carbocycles. The molecule has 0 unspecified atom stereocenters. The maximum Gasteiger partial charge on any atom is 0.387 e. The summed E-state index contributed by atoms with van der Waals surface area (Å²) in [5.74, 6) is -1.64. The van der Waals surface area contributed by atoms with Crippen molar-refractivity contribution in [3.63, 3.8) is 0 Å². The molecule has 0 aliphatic rings. The van der Waals surface area contributed by atoms with Gasteiger partial charge in [0.2, 0.25) is 0 Å². The molecule has 0 saturated heterocycles. The molecule has 3 aromatic rings. The first-order chi connectivity index (χ1) is 15.5. The molecule has 2 aromatic carbocycles. The summed E-state index contributed by atoms with van der Waals surface area (Å²) in [7, 11) is 1.17. The molecule has 33 heavy (non-hydrogen) atoms. The summed E-state index contributed by atoms with van der Waals surface area (Å²) < 4.78 is 34.4. The van der Waals surface area contributed by atoms with Crippen LogP contribution in [0.1, 0.15) is 36.7 Å². The number of thiazole rings is 1. The van der Waals surface area contributed by atoms with Gasteiger partial charge in [0.05, 0.1) is 23.8 Å². The molecule has 3 rings (SSSR count). The summed E-state index contributed by atoms with van der Waals surface area (Å²) in [5.41, 5.74) is 1.55. The van der Waals surface area contributed by atoms with Crippen molar-refractivity contribution < 1.29 is 28.0 Å². The van der Waals surface area contributed by atoms with E-state index < -0.39 is 28.9 Å². The Morgan fingerprint density at radius 2 is 1.85 bits per heavy atom. The van der Waals surface area contributed by atoms with Gasteiger partial charge in [-0.25, -0.2) is 4.98 Å². The lowest BCUT2D eigenvalue weighted by atomic mass is 9.86. The van der Waals surface area contributed by atoms with Gasteiger partial charge in [-0.15, -0.1) is 11.3 Å². The van der Waals surface area contributed by atoms with E-state index in [-0.39, 0.29) is 21.9 Å². The number of anilines is 1. The second-order valence-corrected chi connectivity index (χ2v) is 8.83. The molecule has 0 spiro atoms. The Bertz CT molecular complexity index is 1170. The van der Waals surface area contributed by atoms with Gasteiger partial charge in [-0.1, -0.05) is 45.0 Å². The average molecular weight is 477 g/mol. The van der Waals surface area contributed by atoms with Crippen LogP contribution in [0.3, 0.4) is 0 Å². The molecule has 11 heteroatoms. The summed E-state index contributed by atoms with van der Waals surface area (Å²) in [6.45, 7) is 3.11. The number of hydrogen-bond donors (Lipinski definition) is 1. The molecule has 1 amide bonds. The molecule has 0 fully saturated rings. The van der Waals surface area contributed by atoms with Crippen LogP contribution < -0.4 is 14.8 Å². The number of amides is 1. The number of rotatable bonds is 7. The van der Waals surface area contributed by atoms with Crippen LogP contribution in [0.25, 0.3) is 11.3 Å². The van der Waals surface area contributed by atoms with Crippen molar-refractivity contribution in [2.24, 2.45) is 0 Å². The van der Waals surface area contributed by atoms with E-state index in [1.807, 2.05) is 24.3 Å². The van der Waals surface area contributed by atoms with Crippen LogP contribution in [-0.4, -0.2) is 29.5 Å². The van der Waals surface area contributed by atoms with Gasteiger partial charge in [0.15, 0.2) is 16.6 Å². The van der Waals surface area contributed by atoms with Crippen LogP contribution in [0, 0.1) is 10.1 Å². The largest absolute Gasteiger partial charge is 0.493 e. The van der Waals surface area contributed by atoms with Gasteiger partial charge in [-0.05, 0) is 11.0 Å². The van der Waals surface area contributed by atoms with Crippen molar-refractivity contribution in [2.45, 2.75) is 32.8 Å². The maximum atomic E-state index is 12.7. The molecule has 0 atom stereocenters. The molecule has 1 heterocycles. The Morgan fingerprint density at radius 1 is 1.18 bits per heavy atom. The highest BCUT2D eigenvalue weighted by Crippen LogP contribution is 2.36. The van der Waals surface area contributed by atoms with Crippen LogP contribution >= 0.6 is 11.3 Å². The standard InChI is InChI=1S/C22H21F2N3O5S/c1-22(2,3)13-7-5-12(6-8-13)15-11-33-21(25-15)26-19(28)14-9-17(31-4)18(32-20(23)24)10-16(14)27(29)30/h5-11,20H,1-4H3,(H,25,26,28). The number of nitrogens with zero attached hydrogens (tertiary/aromatic N) is 2. The number of carbonyl (C=O) groups excluding carboxylic acids is 1. The van der Waals surface area contributed by atoms with E-state index in [0.717, 1.165) is 34.6 Å². The maximum absolute atomic E-state index is 12.7. The Labute approximate surface area is 192 Å². The number of halogens is 2. The number of methoxy groups -OCH3 is 1. The number of nitro groups is 1. The fourth-order valence-corrected chi connectivity index (χ4v) is 3.71. The minimum absolute atomic E-state index is 0.00537. The molecule has 0 saturated carbocycles. The van der Waals surface area contributed by atoms with Crippen molar-refractivity contribution in [1.29, 1.82) is 0 Å². The van der Waals surface area contributed by atoms with E-state index in [1.54, 1.807) is 5.38 Å². The number of nitro benzene ring substituents is 1. The third-order valence-electron chi connectivity index (χ3n) is 4.71. The number of aromatic nitrogens is 1. The SMILES string of the molecule is COc1cc(C(=O)Nc2nc(-c3ccc(C(C)(C)C)cc3)cs2)c([N+](=O)[O-])cc1OC(F)F. The predicted octanol–water partition coefficient (Wildman–Crippen LogP) is 5.88. The number of hydrogen-bond acceptors (Lipinski definition) is 7. The first-order valence-electron chi connectivity index (χ1n) is 9.68. The molecule has 0 bridgehead atoms. The Morgan fingerprint density at radius 3 is 2.39 bits per heavy atom. The number of benzene rings is 2. The van der Waals surface area contributed by atoms with Crippen LogP contribution in [0.2, 0.25) is 0 Å². The fourth-order valence-electron chi connectivity index (χ4n) is 3.00. The normalized spacial score (nSPS) is 11.4. The van der Waals surface area contributed by atoms with Crippen LogP contribution in [0.15, 0.2) is 41.8 Å². The highest BCUT2D eigenvalue weighted by atomic mass is 32.1. The molecule has 174 valence electrons. The van der Waals surface area contributed by atoms with Crippen molar-refractivity contribution in [3.05, 3.63) is 63.0 Å². The summed E-state index contributed by atoms with van der Waals surface area (Å²) in [5, 5.41) is 15.9. The van der Waals surface area contributed by atoms with Crippen molar-refractivity contribution in [2.75, 3.05) is 12.4 Å². The van der Waals surface area contributed by atoms with Gasteiger partial charge in [0.1, 0.15) is 5.56 Å². The molecule has 1 N–H and O–H groups in total. The quantitative estimate of drug-likeness (QED) is 0.337. The second kappa shape index (κ2) is 9.49. The number of carbonyl (C=O) groups is 1. The fraction of sp³-hybridized carbons (Fsp3) is 0.273. The zero-order valence-corrected chi connectivity index (χ0v) is 19.0. The molecule has 0 radical (unpaired) electrons. The lowest BCUT2D eigenvalue weighted by Crippen LogP contribution is -2.15. The summed E-state index contributed by atoms with van der Waals surface area (Å²) in [4.78, 5) is 27.7. The van der Waals surface area contributed by atoms with E-state index >= 15 is 0 Å². The third-order valence-corrected chi connectivity index (χ3v) is 5.47. The number of alkyl halides is 2. The van der Waals surface area contributed by atoms with E-state index in [9.17, 15) is 23.7 Å². The third kappa shape index (κ3) is 5.61. The van der Waals surface area contributed by atoms with Crippen molar-refractivity contribution >= 4 is 28.1 Å². The lowest BCUT2D eigenvalue weighted by Gasteiger charge is -2.18. The van der Waals surface area contributed by atoms with E-state index in [2.05, 4.69) is 35.8 Å². The summed E-state index contributed by atoms with van der Waals surface area (Å²) in [6.07, 6.45) is 0. The Kier molecular flexibility index (Phi) is 6.92. The zero-order chi connectivity index (χ0) is 24.3. The van der Waals surface area contributed by atoms with Gasteiger partial charge < -0.3 is 9.47 Å². The molecular weight excluding hydrogens is 456 g/mol.